The smallest absolute Gasteiger partial charge is 0.301 e. The highest BCUT2D eigenvalue weighted by Gasteiger charge is 2.31. The number of likely N-dealkylation sites (N-methyl/N-ethyl adjacent to an activating group) is 1. The third-order valence-electron chi connectivity index (χ3n) is 4.37. The molecule has 3 rings (SSSR count). The zero-order valence-electron chi connectivity index (χ0n) is 14.5. The van der Waals surface area contributed by atoms with E-state index in [0.717, 1.165) is 6.07 Å². The van der Waals surface area contributed by atoms with Crippen LogP contribution in [0.2, 0.25) is 5.02 Å². The molecule has 2 aromatic rings. The van der Waals surface area contributed by atoms with E-state index >= 15 is 0 Å². The second kappa shape index (κ2) is 7.97. The van der Waals surface area contributed by atoms with Gasteiger partial charge in [-0.2, -0.15) is 12.7 Å². The molecule has 0 saturated carbocycles. The van der Waals surface area contributed by atoms with Crippen molar-refractivity contribution in [1.82, 2.24) is 9.62 Å². The number of para-hydroxylation sites is 1. The van der Waals surface area contributed by atoms with Crippen LogP contribution in [0.1, 0.15) is 6.42 Å². The van der Waals surface area contributed by atoms with Gasteiger partial charge in [0.05, 0.1) is 16.4 Å². The van der Waals surface area contributed by atoms with Crippen molar-refractivity contribution in [2.24, 2.45) is 0 Å². The molecule has 0 radical (unpaired) electrons. The number of benzene rings is 2. The molecule has 0 spiro atoms. The zero-order chi connectivity index (χ0) is 19.6. The van der Waals surface area contributed by atoms with E-state index in [1.807, 2.05) is 0 Å². The number of halogens is 3. The second-order valence-corrected chi connectivity index (χ2v) is 8.21. The van der Waals surface area contributed by atoms with Gasteiger partial charge >= 0.3 is 10.2 Å². The number of anilines is 3. The number of rotatable bonds is 6. The van der Waals surface area contributed by atoms with E-state index in [4.69, 9.17) is 11.6 Å². The minimum absolute atomic E-state index is 0.0484. The summed E-state index contributed by atoms with van der Waals surface area (Å²) in [5.41, 5.74) is -0.127. The maximum atomic E-state index is 14.4. The Morgan fingerprint density at radius 2 is 1.89 bits per heavy atom. The fourth-order valence-corrected chi connectivity index (χ4v) is 4.32. The van der Waals surface area contributed by atoms with Gasteiger partial charge in [0.1, 0.15) is 5.69 Å². The Morgan fingerprint density at radius 3 is 2.56 bits per heavy atom. The second-order valence-electron chi connectivity index (χ2n) is 6.13. The van der Waals surface area contributed by atoms with Crippen LogP contribution in [0, 0.1) is 11.6 Å². The molecule has 0 amide bonds. The molecule has 1 unspecified atom stereocenters. The summed E-state index contributed by atoms with van der Waals surface area (Å²) >= 11 is 6.05. The van der Waals surface area contributed by atoms with Crippen molar-refractivity contribution in [2.45, 2.75) is 12.5 Å². The van der Waals surface area contributed by atoms with E-state index in [1.165, 1.54) is 10.4 Å². The Balaban J connectivity index is 1.92. The van der Waals surface area contributed by atoms with Gasteiger partial charge in [-0.25, -0.2) is 8.78 Å². The fraction of sp³-hybridized carbons (Fsp3) is 0.294. The van der Waals surface area contributed by atoms with Crippen LogP contribution in [0.4, 0.5) is 25.8 Å². The predicted octanol–water partition coefficient (Wildman–Crippen LogP) is 3.31. The molecule has 146 valence electrons. The molecule has 1 saturated heterocycles. The highest BCUT2D eigenvalue weighted by molar-refractivity contribution is 7.90. The Bertz CT molecular complexity index is 943. The third kappa shape index (κ3) is 4.32. The van der Waals surface area contributed by atoms with Gasteiger partial charge in [-0.05, 0) is 37.7 Å². The molecule has 1 aliphatic heterocycles. The lowest BCUT2D eigenvalue weighted by Crippen LogP contribution is -2.37. The molecule has 1 fully saturated rings. The quantitative estimate of drug-likeness (QED) is 0.675. The van der Waals surface area contributed by atoms with Crippen molar-refractivity contribution < 1.29 is 17.2 Å². The monoisotopic (exact) mass is 416 g/mol. The largest absolute Gasteiger partial charge is 0.350 e. The minimum Gasteiger partial charge on any atom is -0.350 e. The Morgan fingerprint density at radius 1 is 1.15 bits per heavy atom. The fourth-order valence-electron chi connectivity index (χ4n) is 2.84. The summed E-state index contributed by atoms with van der Waals surface area (Å²) in [4.78, 5) is 0. The average molecular weight is 417 g/mol. The van der Waals surface area contributed by atoms with Gasteiger partial charge in [0, 0.05) is 19.1 Å². The van der Waals surface area contributed by atoms with E-state index in [9.17, 15) is 17.2 Å². The molecule has 0 bridgehead atoms. The lowest BCUT2D eigenvalue weighted by atomic mass is 10.2. The first-order valence-electron chi connectivity index (χ1n) is 8.26. The van der Waals surface area contributed by atoms with Gasteiger partial charge in [-0.15, -0.1) is 0 Å². The Kier molecular flexibility index (Phi) is 5.85. The number of nitrogens with one attached hydrogen (secondary N) is 3. The van der Waals surface area contributed by atoms with Crippen molar-refractivity contribution in [3.05, 3.63) is 53.1 Å². The molecule has 6 nitrogen and oxygen atoms in total. The summed E-state index contributed by atoms with van der Waals surface area (Å²) in [5, 5.41) is 5.99. The summed E-state index contributed by atoms with van der Waals surface area (Å²) in [7, 11) is -2.17. The lowest BCUT2D eigenvalue weighted by Gasteiger charge is -2.20. The van der Waals surface area contributed by atoms with Crippen LogP contribution in [0.3, 0.4) is 0 Å². The van der Waals surface area contributed by atoms with Crippen LogP contribution in [0.25, 0.3) is 0 Å². The summed E-state index contributed by atoms with van der Waals surface area (Å²) in [5.74, 6) is -2.31. The van der Waals surface area contributed by atoms with Crippen LogP contribution < -0.4 is 15.4 Å². The topological polar surface area (TPSA) is 73.5 Å². The maximum absolute atomic E-state index is 14.4. The van der Waals surface area contributed by atoms with E-state index in [1.54, 1.807) is 31.3 Å². The number of nitrogens with zero attached hydrogens (tertiary/aromatic N) is 1. The molecule has 1 heterocycles. The molecule has 0 aliphatic carbocycles. The molecular formula is C17H19ClF2N4O2S. The van der Waals surface area contributed by atoms with Gasteiger partial charge < -0.3 is 10.6 Å². The number of hydrogen-bond acceptors (Lipinski definition) is 4. The van der Waals surface area contributed by atoms with Gasteiger partial charge in [0.25, 0.3) is 0 Å². The first kappa shape index (κ1) is 19.8. The first-order valence-corrected chi connectivity index (χ1v) is 10.1. The SMILES string of the molecule is CNC1CCN(S(=O)(=O)Nc2ccc(F)c(F)c2Nc2ccccc2Cl)C1. The lowest BCUT2D eigenvalue weighted by molar-refractivity contribution is 0.469. The Labute approximate surface area is 161 Å². The molecule has 1 aliphatic rings. The highest BCUT2D eigenvalue weighted by Crippen LogP contribution is 2.34. The van der Waals surface area contributed by atoms with Gasteiger partial charge in [-0.1, -0.05) is 23.7 Å². The molecular weight excluding hydrogens is 398 g/mol. The molecule has 27 heavy (non-hydrogen) atoms. The van der Waals surface area contributed by atoms with Crippen molar-refractivity contribution in [3.8, 4) is 0 Å². The maximum Gasteiger partial charge on any atom is 0.301 e. The van der Waals surface area contributed by atoms with Gasteiger partial charge in [0.15, 0.2) is 11.6 Å². The molecule has 0 aromatic heterocycles. The number of hydrogen-bond donors (Lipinski definition) is 3. The zero-order valence-corrected chi connectivity index (χ0v) is 16.0. The van der Waals surface area contributed by atoms with E-state index in [0.29, 0.717) is 25.2 Å². The average Bonchev–Trinajstić information content (AvgIpc) is 3.13. The standard InChI is InChI=1S/C17H19ClF2N4O2S/c1-21-11-8-9-24(10-11)27(25,26)23-15-7-6-13(19)16(20)17(15)22-14-5-3-2-4-12(14)18/h2-7,11,21-23H,8-10H2,1H3. The van der Waals surface area contributed by atoms with E-state index in [2.05, 4.69) is 15.4 Å². The summed E-state index contributed by atoms with van der Waals surface area (Å²) in [6.07, 6.45) is 0.667. The van der Waals surface area contributed by atoms with Gasteiger partial charge in [-0.3, -0.25) is 4.72 Å². The van der Waals surface area contributed by atoms with Crippen LogP contribution in [0.15, 0.2) is 36.4 Å². The van der Waals surface area contributed by atoms with Crippen LogP contribution in [-0.4, -0.2) is 38.9 Å². The minimum atomic E-state index is -3.93. The van der Waals surface area contributed by atoms with Crippen LogP contribution >= 0.6 is 11.6 Å². The van der Waals surface area contributed by atoms with Crippen LogP contribution in [0.5, 0.6) is 0 Å². The summed E-state index contributed by atoms with van der Waals surface area (Å²) in [6.45, 7) is 0.626. The van der Waals surface area contributed by atoms with E-state index in [-0.39, 0.29) is 22.4 Å². The Hall–Kier alpha value is -1.94. The molecule has 3 N–H and O–H groups in total. The van der Waals surface area contributed by atoms with Crippen molar-refractivity contribution >= 4 is 38.9 Å². The predicted molar refractivity (Wildman–Crippen MR) is 103 cm³/mol. The summed E-state index contributed by atoms with van der Waals surface area (Å²) < 4.78 is 57.1. The van der Waals surface area contributed by atoms with Gasteiger partial charge in [0.2, 0.25) is 0 Å². The highest BCUT2D eigenvalue weighted by atomic mass is 35.5. The first-order chi connectivity index (χ1) is 12.8. The normalized spacial score (nSPS) is 17.9. The molecule has 10 heteroatoms. The molecule has 2 aromatic carbocycles. The van der Waals surface area contributed by atoms with Crippen molar-refractivity contribution in [2.75, 3.05) is 30.2 Å². The third-order valence-corrected chi connectivity index (χ3v) is 6.19. The van der Waals surface area contributed by atoms with E-state index < -0.39 is 21.8 Å². The van der Waals surface area contributed by atoms with Crippen molar-refractivity contribution in [3.63, 3.8) is 0 Å². The van der Waals surface area contributed by atoms with Crippen molar-refractivity contribution in [1.29, 1.82) is 0 Å². The molecule has 1 atom stereocenters. The van der Waals surface area contributed by atoms with Crippen LogP contribution in [-0.2, 0) is 10.2 Å². The summed E-state index contributed by atoms with van der Waals surface area (Å²) in [6, 6.07) is 8.58.